The van der Waals surface area contributed by atoms with Gasteiger partial charge in [0.15, 0.2) is 5.71 Å². The third-order valence-corrected chi connectivity index (χ3v) is 2.98. The van der Waals surface area contributed by atoms with E-state index in [4.69, 9.17) is 0 Å². The molecule has 0 aromatic rings. The Morgan fingerprint density at radius 1 is 0.727 bits per heavy atom. The molecule has 0 aliphatic carbocycles. The molecular weight excluding hydrogens is 134 g/mol. The van der Waals surface area contributed by atoms with E-state index in [1.165, 1.54) is 58.0 Å². The smallest absolute Gasteiger partial charge is 0.152 e. The summed E-state index contributed by atoms with van der Waals surface area (Å²) in [7, 11) is 0. The molecule has 0 unspecified atom stereocenters. The maximum Gasteiger partial charge on any atom is 0.152 e. The van der Waals surface area contributed by atoms with Crippen LogP contribution in [0.5, 0.6) is 0 Å². The van der Waals surface area contributed by atoms with Crippen molar-refractivity contribution in [2.45, 2.75) is 44.9 Å². The Hall–Kier alpha value is -0.330. The van der Waals surface area contributed by atoms with E-state index in [-0.39, 0.29) is 0 Å². The van der Waals surface area contributed by atoms with Crippen LogP contribution in [0.4, 0.5) is 0 Å². The molecule has 11 heavy (non-hydrogen) atoms. The van der Waals surface area contributed by atoms with Crippen LogP contribution in [0.3, 0.4) is 0 Å². The first-order chi connectivity index (χ1) is 5.47. The Kier molecular flexibility index (Phi) is 2.25. The number of hydrogen-bond donors (Lipinski definition) is 0. The van der Waals surface area contributed by atoms with Crippen LogP contribution in [-0.2, 0) is 0 Å². The van der Waals surface area contributed by atoms with Crippen LogP contribution in [-0.4, -0.2) is 23.4 Å². The van der Waals surface area contributed by atoms with Gasteiger partial charge in [0.25, 0.3) is 0 Å². The van der Waals surface area contributed by atoms with Gasteiger partial charge in [-0.1, -0.05) is 0 Å². The predicted molar refractivity (Wildman–Crippen MR) is 47.3 cm³/mol. The molecule has 0 aromatic heterocycles. The van der Waals surface area contributed by atoms with E-state index in [9.17, 15) is 0 Å². The highest BCUT2D eigenvalue weighted by Crippen LogP contribution is 2.15. The van der Waals surface area contributed by atoms with Gasteiger partial charge in [-0.05, 0) is 19.3 Å². The van der Waals surface area contributed by atoms with Crippen molar-refractivity contribution >= 4 is 5.71 Å². The van der Waals surface area contributed by atoms with E-state index < -0.39 is 0 Å². The summed E-state index contributed by atoms with van der Waals surface area (Å²) < 4.78 is 2.65. The summed E-state index contributed by atoms with van der Waals surface area (Å²) in [5.41, 5.74) is 1.77. The fourth-order valence-electron chi connectivity index (χ4n) is 2.31. The van der Waals surface area contributed by atoms with Gasteiger partial charge in [-0.15, -0.1) is 0 Å². The van der Waals surface area contributed by atoms with E-state index in [0.29, 0.717) is 0 Å². The number of rotatable bonds is 0. The van der Waals surface area contributed by atoms with Crippen LogP contribution in [0, 0.1) is 0 Å². The summed E-state index contributed by atoms with van der Waals surface area (Å²) in [4.78, 5) is 0. The first-order valence-corrected chi connectivity index (χ1v) is 5.06. The van der Waals surface area contributed by atoms with Crippen LogP contribution >= 0.6 is 0 Å². The molecule has 0 fully saturated rings. The maximum absolute atomic E-state index is 2.65. The number of hydrogen-bond acceptors (Lipinski definition) is 0. The third kappa shape index (κ3) is 1.63. The van der Waals surface area contributed by atoms with Gasteiger partial charge in [0.05, 0.1) is 0 Å². The zero-order chi connectivity index (χ0) is 7.52. The highest BCUT2D eigenvalue weighted by Gasteiger charge is 2.20. The minimum Gasteiger partial charge on any atom is -0.237 e. The second-order valence-electron chi connectivity index (χ2n) is 3.82. The molecular formula is C10H18N+. The lowest BCUT2D eigenvalue weighted by Crippen LogP contribution is -2.26. The largest absolute Gasteiger partial charge is 0.237 e. The van der Waals surface area contributed by atoms with Gasteiger partial charge in [0.1, 0.15) is 13.1 Å². The molecule has 0 spiro atoms. The summed E-state index contributed by atoms with van der Waals surface area (Å²) in [5.74, 6) is 0. The van der Waals surface area contributed by atoms with Gasteiger partial charge in [-0.3, -0.25) is 0 Å². The second-order valence-corrected chi connectivity index (χ2v) is 3.82. The minimum atomic E-state index is 1.36. The van der Waals surface area contributed by atoms with Gasteiger partial charge in [0.2, 0.25) is 0 Å². The van der Waals surface area contributed by atoms with E-state index in [1.54, 1.807) is 5.71 Å². The molecule has 2 aliphatic heterocycles. The molecule has 2 heterocycles. The molecule has 0 saturated carbocycles. The summed E-state index contributed by atoms with van der Waals surface area (Å²) >= 11 is 0. The lowest BCUT2D eigenvalue weighted by molar-refractivity contribution is -0.533. The Morgan fingerprint density at radius 3 is 2.18 bits per heavy atom. The van der Waals surface area contributed by atoms with Gasteiger partial charge >= 0.3 is 0 Å². The SMILES string of the molecule is C1CCC2=[N+](CC1)CCCC2. The summed E-state index contributed by atoms with van der Waals surface area (Å²) in [6.07, 6.45) is 10.0. The lowest BCUT2D eigenvalue weighted by Gasteiger charge is -2.12. The normalized spacial score (nSPS) is 26.2. The number of nitrogens with zero attached hydrogens (tertiary/aromatic N) is 1. The molecule has 0 bridgehead atoms. The van der Waals surface area contributed by atoms with Gasteiger partial charge in [-0.25, -0.2) is 4.58 Å². The van der Waals surface area contributed by atoms with E-state index >= 15 is 0 Å². The van der Waals surface area contributed by atoms with Gasteiger partial charge in [0, 0.05) is 25.7 Å². The molecule has 0 saturated heterocycles. The molecule has 0 atom stereocenters. The van der Waals surface area contributed by atoms with Gasteiger partial charge < -0.3 is 0 Å². The van der Waals surface area contributed by atoms with Crippen molar-refractivity contribution in [2.24, 2.45) is 0 Å². The average Bonchev–Trinajstić information content (AvgIpc) is 2.28. The van der Waals surface area contributed by atoms with Crippen molar-refractivity contribution in [3.63, 3.8) is 0 Å². The lowest BCUT2D eigenvalue weighted by atomic mass is 10.0. The van der Waals surface area contributed by atoms with Crippen molar-refractivity contribution < 1.29 is 4.58 Å². The van der Waals surface area contributed by atoms with E-state index in [1.807, 2.05) is 0 Å². The van der Waals surface area contributed by atoms with Crippen LogP contribution < -0.4 is 0 Å². The first-order valence-electron chi connectivity index (χ1n) is 5.06. The van der Waals surface area contributed by atoms with Crippen molar-refractivity contribution in [3.05, 3.63) is 0 Å². The molecule has 1 heteroatoms. The topological polar surface area (TPSA) is 3.01 Å². The Bertz CT molecular complexity index is 152. The van der Waals surface area contributed by atoms with Crippen molar-refractivity contribution in [1.82, 2.24) is 0 Å². The molecule has 62 valence electrons. The molecule has 0 amide bonds. The first kappa shape index (κ1) is 7.33. The Balaban J connectivity index is 2.10. The summed E-state index contributed by atoms with van der Waals surface area (Å²) in [6.45, 7) is 2.71. The van der Waals surface area contributed by atoms with Crippen molar-refractivity contribution in [1.29, 1.82) is 0 Å². The van der Waals surface area contributed by atoms with Crippen LogP contribution in [0.2, 0.25) is 0 Å². The Morgan fingerprint density at radius 2 is 1.36 bits per heavy atom. The molecule has 2 aliphatic rings. The maximum atomic E-state index is 2.65. The fourth-order valence-corrected chi connectivity index (χ4v) is 2.31. The third-order valence-electron chi connectivity index (χ3n) is 2.98. The quantitative estimate of drug-likeness (QED) is 0.468. The van der Waals surface area contributed by atoms with Crippen LogP contribution in [0.25, 0.3) is 0 Å². The minimum absolute atomic E-state index is 1.36. The van der Waals surface area contributed by atoms with Gasteiger partial charge in [-0.2, -0.15) is 0 Å². The fraction of sp³-hybridized carbons (Fsp3) is 0.900. The average molecular weight is 152 g/mol. The summed E-state index contributed by atoms with van der Waals surface area (Å²) in [6, 6.07) is 0. The predicted octanol–water partition coefficient (Wildman–Crippen LogP) is 2.20. The monoisotopic (exact) mass is 152 g/mol. The summed E-state index contributed by atoms with van der Waals surface area (Å²) in [5, 5.41) is 0. The molecule has 0 aromatic carbocycles. The highest BCUT2D eigenvalue weighted by atomic mass is 15.0. The standard InChI is InChI=1S/C10H18N/c1-2-6-10-7-3-5-9-11(10)8-4-1/h1-9H2/q+1. The molecule has 1 nitrogen and oxygen atoms in total. The second kappa shape index (κ2) is 3.38. The highest BCUT2D eigenvalue weighted by molar-refractivity contribution is 5.80. The zero-order valence-electron chi connectivity index (χ0n) is 7.31. The molecule has 0 N–H and O–H groups in total. The van der Waals surface area contributed by atoms with E-state index in [0.717, 1.165) is 0 Å². The van der Waals surface area contributed by atoms with E-state index in [2.05, 4.69) is 4.58 Å². The van der Waals surface area contributed by atoms with Crippen LogP contribution in [0.15, 0.2) is 0 Å². The van der Waals surface area contributed by atoms with Crippen LogP contribution in [0.1, 0.15) is 44.9 Å². The molecule has 0 radical (unpaired) electrons. The van der Waals surface area contributed by atoms with Crippen molar-refractivity contribution in [2.75, 3.05) is 13.1 Å². The Labute approximate surface area is 69.1 Å². The molecule has 2 rings (SSSR count). The van der Waals surface area contributed by atoms with Crippen molar-refractivity contribution in [3.8, 4) is 0 Å². The zero-order valence-corrected chi connectivity index (χ0v) is 7.31.